The third kappa shape index (κ3) is 5.58. The maximum absolute atomic E-state index is 13.7. The first-order valence-corrected chi connectivity index (χ1v) is 12.1. The van der Waals surface area contributed by atoms with E-state index in [-0.39, 0.29) is 11.6 Å². The molecule has 0 radical (unpaired) electrons. The van der Waals surface area contributed by atoms with Gasteiger partial charge in [0.25, 0.3) is 0 Å². The molecule has 0 spiro atoms. The summed E-state index contributed by atoms with van der Waals surface area (Å²) in [6, 6.07) is 38.1. The van der Waals surface area contributed by atoms with E-state index in [1.807, 2.05) is 121 Å². The largest absolute Gasteiger partial charge is 0.293 e. The Kier molecular flexibility index (Phi) is 7.59. The topological polar surface area (TPSA) is 34.1 Å². The number of carbonyl (C=O) groups excluding carboxylic acids is 2. The van der Waals surface area contributed by atoms with Crippen molar-refractivity contribution < 1.29 is 9.59 Å². The monoisotopic (exact) mass is 454 g/mol. The fourth-order valence-electron chi connectivity index (χ4n) is 3.33. The van der Waals surface area contributed by atoms with Gasteiger partial charge in [-0.25, -0.2) is 0 Å². The minimum absolute atomic E-state index is 0.0443. The van der Waals surface area contributed by atoms with Crippen LogP contribution in [0.3, 0.4) is 0 Å². The SMILES string of the molecule is O=C(c1ccccc1)C(Sc1ccccc1)C(Sc1ccccc1)C(=O)c1ccccc1. The van der Waals surface area contributed by atoms with E-state index in [0.717, 1.165) is 9.79 Å². The van der Waals surface area contributed by atoms with Gasteiger partial charge < -0.3 is 0 Å². The number of carbonyl (C=O) groups is 2. The second-order valence-corrected chi connectivity index (χ2v) is 9.59. The first-order chi connectivity index (χ1) is 15.7. The maximum Gasteiger partial charge on any atom is 0.177 e. The minimum atomic E-state index is -0.585. The van der Waals surface area contributed by atoms with Gasteiger partial charge in [-0.1, -0.05) is 97.1 Å². The highest BCUT2D eigenvalue weighted by Gasteiger charge is 2.36. The molecule has 32 heavy (non-hydrogen) atoms. The van der Waals surface area contributed by atoms with Gasteiger partial charge in [-0.15, -0.1) is 23.5 Å². The molecule has 0 bridgehead atoms. The van der Waals surface area contributed by atoms with Crippen LogP contribution in [-0.2, 0) is 0 Å². The van der Waals surface area contributed by atoms with E-state index in [1.54, 1.807) is 0 Å². The molecular weight excluding hydrogens is 432 g/mol. The van der Waals surface area contributed by atoms with Crippen molar-refractivity contribution >= 4 is 35.1 Å². The summed E-state index contributed by atoms with van der Waals surface area (Å²) in [4.78, 5) is 29.4. The van der Waals surface area contributed by atoms with Crippen LogP contribution in [-0.4, -0.2) is 22.1 Å². The highest BCUT2D eigenvalue weighted by molar-refractivity contribution is 8.04. The van der Waals surface area contributed by atoms with E-state index in [1.165, 1.54) is 23.5 Å². The van der Waals surface area contributed by atoms with Crippen LogP contribution in [0.25, 0.3) is 0 Å². The Morgan fingerprint density at radius 1 is 0.438 bits per heavy atom. The number of hydrogen-bond donors (Lipinski definition) is 0. The van der Waals surface area contributed by atoms with Crippen LogP contribution in [0.4, 0.5) is 0 Å². The molecule has 0 aliphatic heterocycles. The van der Waals surface area contributed by atoms with Crippen LogP contribution in [0.2, 0.25) is 0 Å². The van der Waals surface area contributed by atoms with Gasteiger partial charge in [0, 0.05) is 20.9 Å². The molecule has 0 amide bonds. The molecule has 158 valence electrons. The van der Waals surface area contributed by atoms with Gasteiger partial charge in [-0.05, 0) is 24.3 Å². The van der Waals surface area contributed by atoms with E-state index in [9.17, 15) is 9.59 Å². The Hall–Kier alpha value is -3.08. The summed E-state index contributed by atoms with van der Waals surface area (Å²) < 4.78 is 0. The number of ketones is 2. The Morgan fingerprint density at radius 3 is 1.03 bits per heavy atom. The van der Waals surface area contributed by atoms with E-state index >= 15 is 0 Å². The Bertz CT molecular complexity index is 1050. The standard InChI is InChI=1S/C28H22O2S2/c29-25(21-13-5-1-6-14-21)27(31-23-17-9-3-10-18-23)28(32-24-19-11-4-12-20-24)26(30)22-15-7-2-8-16-22/h1-20,27-28H. The van der Waals surface area contributed by atoms with Gasteiger partial charge in [0.05, 0.1) is 10.5 Å². The Labute approximate surface area is 197 Å². The summed E-state index contributed by atoms with van der Waals surface area (Å²) in [6.45, 7) is 0. The third-order valence-corrected chi connectivity index (χ3v) is 7.66. The predicted octanol–water partition coefficient (Wildman–Crippen LogP) is 7.07. The molecule has 2 unspecified atom stereocenters. The summed E-state index contributed by atoms with van der Waals surface area (Å²) in [6.07, 6.45) is 0. The molecule has 0 aromatic heterocycles. The molecule has 0 aliphatic rings. The maximum atomic E-state index is 13.7. The molecule has 0 saturated heterocycles. The zero-order valence-electron chi connectivity index (χ0n) is 17.3. The number of benzene rings is 4. The first kappa shape index (κ1) is 22.1. The molecular formula is C28H22O2S2. The molecule has 2 nitrogen and oxygen atoms in total. The summed E-state index contributed by atoms with van der Waals surface area (Å²) in [7, 11) is 0. The average Bonchev–Trinajstić information content (AvgIpc) is 2.87. The normalized spacial score (nSPS) is 12.6. The van der Waals surface area contributed by atoms with E-state index in [4.69, 9.17) is 0 Å². The van der Waals surface area contributed by atoms with Crippen molar-refractivity contribution in [2.24, 2.45) is 0 Å². The van der Waals surface area contributed by atoms with Crippen LogP contribution in [0.1, 0.15) is 20.7 Å². The highest BCUT2D eigenvalue weighted by atomic mass is 32.2. The van der Waals surface area contributed by atoms with Gasteiger partial charge in [-0.2, -0.15) is 0 Å². The summed E-state index contributed by atoms with van der Waals surface area (Å²) >= 11 is 2.90. The molecule has 0 N–H and O–H groups in total. The van der Waals surface area contributed by atoms with Gasteiger partial charge in [0.1, 0.15) is 0 Å². The minimum Gasteiger partial charge on any atom is -0.293 e. The lowest BCUT2D eigenvalue weighted by molar-refractivity contribution is 0.0930. The number of thioether (sulfide) groups is 2. The predicted molar refractivity (Wildman–Crippen MR) is 134 cm³/mol. The molecule has 4 rings (SSSR count). The Balaban J connectivity index is 1.77. The second kappa shape index (κ2) is 11.0. The summed E-state index contributed by atoms with van der Waals surface area (Å²) in [5.41, 5.74) is 1.22. The van der Waals surface area contributed by atoms with Gasteiger partial charge in [-0.3, -0.25) is 9.59 Å². The van der Waals surface area contributed by atoms with Crippen LogP contribution in [0.15, 0.2) is 131 Å². The summed E-state index contributed by atoms with van der Waals surface area (Å²) in [5.74, 6) is -0.0886. The lowest BCUT2D eigenvalue weighted by Crippen LogP contribution is -2.35. The van der Waals surface area contributed by atoms with Crippen molar-refractivity contribution in [1.82, 2.24) is 0 Å². The average molecular weight is 455 g/mol. The van der Waals surface area contributed by atoms with E-state index < -0.39 is 10.5 Å². The first-order valence-electron chi connectivity index (χ1n) is 10.3. The van der Waals surface area contributed by atoms with Gasteiger partial charge >= 0.3 is 0 Å². The number of Topliss-reactive ketones (excluding diaryl/α,β-unsaturated/α-hetero) is 2. The molecule has 0 saturated carbocycles. The zero-order chi connectivity index (χ0) is 22.2. The fourth-order valence-corrected chi connectivity index (χ4v) is 5.86. The third-order valence-electron chi connectivity index (χ3n) is 4.92. The van der Waals surface area contributed by atoms with Crippen molar-refractivity contribution in [2.45, 2.75) is 20.3 Å². The van der Waals surface area contributed by atoms with Crippen LogP contribution >= 0.6 is 23.5 Å². The molecule has 0 fully saturated rings. The van der Waals surface area contributed by atoms with Crippen molar-refractivity contribution in [2.75, 3.05) is 0 Å². The highest BCUT2D eigenvalue weighted by Crippen LogP contribution is 2.38. The molecule has 0 aliphatic carbocycles. The Morgan fingerprint density at radius 2 is 0.719 bits per heavy atom. The van der Waals surface area contributed by atoms with E-state index in [2.05, 4.69) is 0 Å². The van der Waals surface area contributed by atoms with Crippen molar-refractivity contribution in [1.29, 1.82) is 0 Å². The van der Waals surface area contributed by atoms with Gasteiger partial charge in [0.2, 0.25) is 0 Å². The van der Waals surface area contributed by atoms with Crippen molar-refractivity contribution in [3.63, 3.8) is 0 Å². The lowest BCUT2D eigenvalue weighted by atomic mass is 10.0. The second-order valence-electron chi connectivity index (χ2n) is 7.16. The number of rotatable bonds is 9. The quantitative estimate of drug-likeness (QED) is 0.200. The number of hydrogen-bond acceptors (Lipinski definition) is 4. The lowest BCUT2D eigenvalue weighted by Gasteiger charge is -2.25. The van der Waals surface area contributed by atoms with Crippen LogP contribution in [0, 0.1) is 0 Å². The van der Waals surface area contributed by atoms with Crippen molar-refractivity contribution in [3.05, 3.63) is 132 Å². The zero-order valence-corrected chi connectivity index (χ0v) is 19.0. The van der Waals surface area contributed by atoms with Crippen molar-refractivity contribution in [3.8, 4) is 0 Å². The molecule has 4 heteroatoms. The molecule has 2 atom stereocenters. The van der Waals surface area contributed by atoms with Gasteiger partial charge in [0.15, 0.2) is 11.6 Å². The molecule has 4 aromatic rings. The summed E-state index contributed by atoms with van der Waals surface area (Å²) in [5, 5.41) is -1.17. The van der Waals surface area contributed by atoms with Crippen LogP contribution in [0.5, 0.6) is 0 Å². The molecule has 4 aromatic carbocycles. The van der Waals surface area contributed by atoms with E-state index in [0.29, 0.717) is 11.1 Å². The fraction of sp³-hybridized carbons (Fsp3) is 0.0714. The molecule has 0 heterocycles. The van der Waals surface area contributed by atoms with Crippen LogP contribution < -0.4 is 0 Å². The smallest absolute Gasteiger partial charge is 0.177 e.